The average Bonchev–Trinajstić information content (AvgIpc) is 3.29. The SMILES string of the molecule is Cc1csc(SCc2c(C(=O)N3CCCC(C(N)=O)C3)oc3ccccc23)n1. The van der Waals surface area contributed by atoms with Crippen LogP contribution in [-0.4, -0.2) is 34.8 Å². The first-order valence-corrected chi connectivity index (χ1v) is 11.0. The number of rotatable bonds is 5. The van der Waals surface area contributed by atoms with E-state index in [9.17, 15) is 9.59 Å². The van der Waals surface area contributed by atoms with E-state index in [-0.39, 0.29) is 17.7 Å². The number of likely N-dealkylation sites (tertiary alicyclic amines) is 1. The molecule has 8 heteroatoms. The maximum atomic E-state index is 13.2. The first-order valence-electron chi connectivity index (χ1n) is 9.17. The molecule has 0 radical (unpaired) electrons. The van der Waals surface area contributed by atoms with Crippen molar-refractivity contribution in [2.75, 3.05) is 13.1 Å². The van der Waals surface area contributed by atoms with Gasteiger partial charge in [-0.3, -0.25) is 9.59 Å². The van der Waals surface area contributed by atoms with E-state index in [0.717, 1.165) is 33.8 Å². The summed E-state index contributed by atoms with van der Waals surface area (Å²) in [7, 11) is 0. The number of thioether (sulfide) groups is 1. The number of hydrogen-bond donors (Lipinski definition) is 1. The molecule has 0 spiro atoms. The van der Waals surface area contributed by atoms with Crippen LogP contribution in [0.25, 0.3) is 11.0 Å². The number of thiazole rings is 1. The molecular formula is C20H21N3O3S2. The molecule has 0 aliphatic carbocycles. The molecule has 0 bridgehead atoms. The van der Waals surface area contributed by atoms with E-state index in [2.05, 4.69) is 4.98 Å². The number of nitrogens with two attached hydrogens (primary N) is 1. The summed E-state index contributed by atoms with van der Waals surface area (Å²) in [4.78, 5) is 31.0. The van der Waals surface area contributed by atoms with Gasteiger partial charge in [0.1, 0.15) is 9.92 Å². The van der Waals surface area contributed by atoms with E-state index in [4.69, 9.17) is 10.2 Å². The van der Waals surface area contributed by atoms with Crippen molar-refractivity contribution in [3.63, 3.8) is 0 Å². The maximum Gasteiger partial charge on any atom is 0.289 e. The zero-order valence-corrected chi connectivity index (χ0v) is 17.1. The first-order chi connectivity index (χ1) is 13.5. The number of hydrogen-bond acceptors (Lipinski definition) is 6. The number of furan rings is 1. The lowest BCUT2D eigenvalue weighted by atomic mass is 9.97. The van der Waals surface area contributed by atoms with Gasteiger partial charge in [-0.05, 0) is 25.8 Å². The molecule has 3 aromatic rings. The van der Waals surface area contributed by atoms with Crippen LogP contribution in [0.4, 0.5) is 0 Å². The van der Waals surface area contributed by atoms with Crippen molar-refractivity contribution in [2.45, 2.75) is 29.9 Å². The lowest BCUT2D eigenvalue weighted by Gasteiger charge is -2.30. The molecule has 1 aliphatic rings. The van der Waals surface area contributed by atoms with Gasteiger partial charge in [0.15, 0.2) is 5.76 Å². The summed E-state index contributed by atoms with van der Waals surface area (Å²) in [6.07, 6.45) is 1.49. The molecule has 1 unspecified atom stereocenters. The predicted molar refractivity (Wildman–Crippen MR) is 110 cm³/mol. The minimum absolute atomic E-state index is 0.173. The molecule has 1 atom stereocenters. The highest BCUT2D eigenvalue weighted by atomic mass is 32.2. The Labute approximate surface area is 171 Å². The Balaban J connectivity index is 1.63. The fourth-order valence-corrected chi connectivity index (χ4v) is 5.36. The molecule has 1 aromatic carbocycles. The molecular weight excluding hydrogens is 394 g/mol. The summed E-state index contributed by atoms with van der Waals surface area (Å²) in [6.45, 7) is 2.93. The zero-order valence-electron chi connectivity index (χ0n) is 15.5. The van der Waals surface area contributed by atoms with Gasteiger partial charge >= 0.3 is 0 Å². The van der Waals surface area contributed by atoms with Crippen LogP contribution in [0.1, 0.15) is 34.7 Å². The Morgan fingerprint density at radius 1 is 1.39 bits per heavy atom. The monoisotopic (exact) mass is 415 g/mol. The second-order valence-electron chi connectivity index (χ2n) is 6.94. The molecule has 6 nitrogen and oxygen atoms in total. The fourth-order valence-electron chi connectivity index (χ4n) is 3.48. The van der Waals surface area contributed by atoms with Crippen molar-refractivity contribution in [2.24, 2.45) is 11.7 Å². The average molecular weight is 416 g/mol. The molecule has 1 fully saturated rings. The van der Waals surface area contributed by atoms with Crippen LogP contribution in [0, 0.1) is 12.8 Å². The minimum Gasteiger partial charge on any atom is -0.451 e. The molecule has 4 rings (SSSR count). The third-order valence-corrected chi connectivity index (χ3v) is 7.11. The van der Waals surface area contributed by atoms with Crippen LogP contribution in [0.2, 0.25) is 0 Å². The van der Waals surface area contributed by atoms with Gasteiger partial charge in [0.05, 0.1) is 5.92 Å². The normalized spacial score (nSPS) is 17.2. The maximum absolute atomic E-state index is 13.2. The van der Waals surface area contributed by atoms with Crippen molar-refractivity contribution in [3.8, 4) is 0 Å². The summed E-state index contributed by atoms with van der Waals surface area (Å²) in [5.41, 5.74) is 8.03. The minimum atomic E-state index is -0.350. The number of piperidine rings is 1. The fraction of sp³-hybridized carbons (Fsp3) is 0.350. The number of para-hydroxylation sites is 1. The third kappa shape index (κ3) is 3.79. The number of aryl methyl sites for hydroxylation is 1. The molecule has 146 valence electrons. The van der Waals surface area contributed by atoms with Gasteiger partial charge in [0.2, 0.25) is 5.91 Å². The van der Waals surface area contributed by atoms with E-state index >= 15 is 0 Å². The van der Waals surface area contributed by atoms with Crippen LogP contribution < -0.4 is 5.73 Å². The van der Waals surface area contributed by atoms with Gasteiger partial charge in [0, 0.05) is 40.9 Å². The third-order valence-electron chi connectivity index (χ3n) is 4.94. The number of amides is 2. The second kappa shape index (κ2) is 7.97. The molecule has 2 aromatic heterocycles. The van der Waals surface area contributed by atoms with E-state index in [0.29, 0.717) is 30.2 Å². The van der Waals surface area contributed by atoms with Crippen molar-refractivity contribution >= 4 is 45.9 Å². The van der Waals surface area contributed by atoms with Gasteiger partial charge in [-0.1, -0.05) is 30.0 Å². The van der Waals surface area contributed by atoms with Crippen molar-refractivity contribution < 1.29 is 14.0 Å². The van der Waals surface area contributed by atoms with E-state index < -0.39 is 0 Å². The number of aromatic nitrogens is 1. The Bertz CT molecular complexity index is 1030. The molecule has 1 aliphatic heterocycles. The van der Waals surface area contributed by atoms with Crippen molar-refractivity contribution in [3.05, 3.63) is 46.7 Å². The number of benzene rings is 1. The summed E-state index contributed by atoms with van der Waals surface area (Å²) in [6, 6.07) is 7.68. The number of carbonyl (C=O) groups excluding carboxylic acids is 2. The van der Waals surface area contributed by atoms with Crippen molar-refractivity contribution in [1.29, 1.82) is 0 Å². The summed E-state index contributed by atoms with van der Waals surface area (Å²) < 4.78 is 6.93. The molecule has 3 heterocycles. The van der Waals surface area contributed by atoms with E-state index in [1.54, 1.807) is 28.0 Å². The Morgan fingerprint density at radius 2 is 2.21 bits per heavy atom. The number of carbonyl (C=O) groups is 2. The first kappa shape index (κ1) is 19.0. The lowest BCUT2D eigenvalue weighted by Crippen LogP contribution is -2.44. The van der Waals surface area contributed by atoms with Gasteiger partial charge in [-0.15, -0.1) is 11.3 Å². The smallest absolute Gasteiger partial charge is 0.289 e. The standard InChI is InChI=1S/C20H21N3O3S2/c1-12-10-27-20(22-12)28-11-15-14-6-2-3-7-16(14)26-17(15)19(25)23-8-4-5-13(9-23)18(21)24/h2-3,6-7,10,13H,4-5,8-9,11H2,1H3,(H2,21,24). The Kier molecular flexibility index (Phi) is 5.41. The van der Waals surface area contributed by atoms with Gasteiger partial charge in [0.25, 0.3) is 5.91 Å². The van der Waals surface area contributed by atoms with E-state index in [1.807, 2.05) is 36.6 Å². The predicted octanol–water partition coefficient (Wildman–Crippen LogP) is 3.83. The van der Waals surface area contributed by atoms with Gasteiger partial charge in [-0.25, -0.2) is 4.98 Å². The molecule has 2 N–H and O–H groups in total. The largest absolute Gasteiger partial charge is 0.451 e. The Hall–Kier alpha value is -2.32. The summed E-state index contributed by atoms with van der Waals surface area (Å²) in [5, 5.41) is 2.95. The summed E-state index contributed by atoms with van der Waals surface area (Å²) in [5.74, 6) is 0.133. The Morgan fingerprint density at radius 3 is 2.96 bits per heavy atom. The number of primary amides is 1. The zero-order chi connectivity index (χ0) is 19.7. The molecule has 0 saturated carbocycles. The van der Waals surface area contributed by atoms with Crippen LogP contribution in [0.5, 0.6) is 0 Å². The molecule has 2 amide bonds. The van der Waals surface area contributed by atoms with Crippen LogP contribution in [0.15, 0.2) is 38.4 Å². The van der Waals surface area contributed by atoms with E-state index in [1.165, 1.54) is 0 Å². The summed E-state index contributed by atoms with van der Waals surface area (Å²) >= 11 is 3.20. The highest BCUT2D eigenvalue weighted by Gasteiger charge is 2.31. The highest BCUT2D eigenvalue weighted by molar-refractivity contribution is 8.00. The lowest BCUT2D eigenvalue weighted by molar-refractivity contribution is -0.123. The van der Waals surface area contributed by atoms with Gasteiger partial charge < -0.3 is 15.1 Å². The molecule has 28 heavy (non-hydrogen) atoms. The number of fused-ring (bicyclic) bond motifs is 1. The quantitative estimate of drug-likeness (QED) is 0.640. The topological polar surface area (TPSA) is 89.4 Å². The highest BCUT2D eigenvalue weighted by Crippen LogP contribution is 2.34. The van der Waals surface area contributed by atoms with Crippen LogP contribution in [0.3, 0.4) is 0 Å². The molecule has 1 saturated heterocycles. The second-order valence-corrected chi connectivity index (χ2v) is 9.02. The van der Waals surface area contributed by atoms with Gasteiger partial charge in [-0.2, -0.15) is 0 Å². The van der Waals surface area contributed by atoms with Crippen LogP contribution in [-0.2, 0) is 10.5 Å². The van der Waals surface area contributed by atoms with Crippen LogP contribution >= 0.6 is 23.1 Å². The number of nitrogens with zero attached hydrogens (tertiary/aromatic N) is 2. The van der Waals surface area contributed by atoms with Crippen molar-refractivity contribution in [1.82, 2.24) is 9.88 Å².